The van der Waals surface area contributed by atoms with Crippen LogP contribution in [-0.4, -0.2) is 32.9 Å². The average Bonchev–Trinajstić information content (AvgIpc) is 2.71. The summed E-state index contributed by atoms with van der Waals surface area (Å²) in [6.07, 6.45) is 4.19. The fourth-order valence-electron chi connectivity index (χ4n) is 3.83. The van der Waals surface area contributed by atoms with E-state index in [-0.39, 0.29) is 16.4 Å². The molecule has 0 bridgehead atoms. The minimum absolute atomic E-state index is 0.0820. The first-order valence-corrected chi connectivity index (χ1v) is 12.8. The Bertz CT molecular complexity index is 1080. The second-order valence-corrected chi connectivity index (χ2v) is 10.8. The lowest BCUT2D eigenvalue weighted by Crippen LogP contribution is -2.34. The first-order valence-electron chi connectivity index (χ1n) is 10.9. The first kappa shape index (κ1) is 24.7. The molecule has 3 N–H and O–H groups in total. The number of unbranched alkanes of at least 4 members (excludes halogenated alkanes) is 1. The summed E-state index contributed by atoms with van der Waals surface area (Å²) in [6, 6.07) is 10.9. The van der Waals surface area contributed by atoms with E-state index >= 15 is 0 Å². The van der Waals surface area contributed by atoms with Crippen LogP contribution >= 0.6 is 11.6 Å². The van der Waals surface area contributed by atoms with Gasteiger partial charge in [0.05, 0.1) is 0 Å². The molecule has 1 aliphatic heterocycles. The third kappa shape index (κ3) is 6.78. The van der Waals surface area contributed by atoms with Crippen LogP contribution in [0.25, 0.3) is 0 Å². The summed E-state index contributed by atoms with van der Waals surface area (Å²) >= 11 is 5.99. The number of carbonyl (C=O) groups is 1. The molecule has 2 aromatic carbocycles. The SMILES string of the molecule is CC1(C)CCc2cc(C(=O)CCCCNCCc3cccc(Cl)c3)cc(S(N)(=O)=O)c2O1. The number of benzene rings is 2. The van der Waals surface area contributed by atoms with Crippen LogP contribution in [-0.2, 0) is 22.9 Å². The Morgan fingerprint density at radius 3 is 2.69 bits per heavy atom. The molecule has 8 heteroatoms. The quantitative estimate of drug-likeness (QED) is 0.392. The normalized spacial score (nSPS) is 15.1. The number of carbonyl (C=O) groups excluding carboxylic acids is 1. The van der Waals surface area contributed by atoms with Crippen molar-refractivity contribution < 1.29 is 17.9 Å². The average molecular weight is 479 g/mol. The lowest BCUT2D eigenvalue weighted by Gasteiger charge is -2.33. The molecule has 174 valence electrons. The van der Waals surface area contributed by atoms with Gasteiger partial charge in [0.2, 0.25) is 10.0 Å². The topological polar surface area (TPSA) is 98.5 Å². The van der Waals surface area contributed by atoms with Gasteiger partial charge < -0.3 is 10.1 Å². The molecular formula is C24H31ClN2O4S. The van der Waals surface area contributed by atoms with Crippen LogP contribution < -0.4 is 15.2 Å². The highest BCUT2D eigenvalue weighted by Crippen LogP contribution is 2.38. The number of hydrogen-bond donors (Lipinski definition) is 2. The van der Waals surface area contributed by atoms with Gasteiger partial charge in [-0.15, -0.1) is 0 Å². The number of rotatable bonds is 10. The second kappa shape index (κ2) is 10.3. The molecule has 0 spiro atoms. The highest BCUT2D eigenvalue weighted by atomic mass is 35.5. The summed E-state index contributed by atoms with van der Waals surface area (Å²) in [4.78, 5) is 12.6. The zero-order valence-electron chi connectivity index (χ0n) is 18.6. The van der Waals surface area contributed by atoms with Crippen molar-refractivity contribution in [2.24, 2.45) is 5.14 Å². The van der Waals surface area contributed by atoms with Gasteiger partial charge in [-0.25, -0.2) is 13.6 Å². The van der Waals surface area contributed by atoms with Crippen LogP contribution in [0, 0.1) is 0 Å². The van der Waals surface area contributed by atoms with Gasteiger partial charge in [-0.2, -0.15) is 0 Å². The fourth-order valence-corrected chi connectivity index (χ4v) is 4.76. The molecule has 0 saturated heterocycles. The van der Waals surface area contributed by atoms with Crippen LogP contribution in [0.1, 0.15) is 61.0 Å². The van der Waals surface area contributed by atoms with Gasteiger partial charge in [-0.3, -0.25) is 4.79 Å². The number of nitrogens with two attached hydrogens (primary N) is 1. The number of ether oxygens (including phenoxy) is 1. The maximum Gasteiger partial charge on any atom is 0.241 e. The molecule has 0 aromatic heterocycles. The molecule has 3 rings (SSSR count). The predicted octanol–water partition coefficient (Wildman–Crippen LogP) is 4.28. The fraction of sp³-hybridized carbons (Fsp3) is 0.458. The molecule has 0 aliphatic carbocycles. The Labute approximate surface area is 195 Å². The Kier molecular flexibility index (Phi) is 7.98. The van der Waals surface area contributed by atoms with E-state index in [1.807, 2.05) is 38.1 Å². The predicted molar refractivity (Wildman–Crippen MR) is 127 cm³/mol. The van der Waals surface area contributed by atoms with Crippen LogP contribution in [0.5, 0.6) is 5.75 Å². The van der Waals surface area contributed by atoms with Gasteiger partial charge in [0.25, 0.3) is 0 Å². The van der Waals surface area contributed by atoms with Crippen molar-refractivity contribution in [3.05, 3.63) is 58.1 Å². The molecule has 0 atom stereocenters. The standard InChI is InChI=1S/C24H31ClN2O4S/c1-24(2)11-9-18-15-19(16-22(23(18)31-24)32(26,29)30)21(28)8-3-4-12-27-13-10-17-6-5-7-20(25)14-17/h5-7,14-16,27H,3-4,8-13H2,1-2H3,(H2,26,29,30). The maximum absolute atomic E-state index is 12.7. The van der Waals surface area contributed by atoms with Crippen LogP contribution in [0.4, 0.5) is 0 Å². The van der Waals surface area contributed by atoms with E-state index in [1.54, 1.807) is 6.07 Å². The number of fused-ring (bicyclic) bond motifs is 1. The third-order valence-corrected chi connectivity index (χ3v) is 6.77. The Morgan fingerprint density at radius 1 is 1.19 bits per heavy atom. The molecule has 2 aromatic rings. The highest BCUT2D eigenvalue weighted by Gasteiger charge is 2.32. The van der Waals surface area contributed by atoms with E-state index in [1.165, 1.54) is 11.6 Å². The largest absolute Gasteiger partial charge is 0.486 e. The number of ketones is 1. The van der Waals surface area contributed by atoms with Crippen molar-refractivity contribution in [3.63, 3.8) is 0 Å². The van der Waals surface area contributed by atoms with Crippen molar-refractivity contribution in [1.82, 2.24) is 5.32 Å². The minimum atomic E-state index is -4.01. The van der Waals surface area contributed by atoms with Crippen molar-refractivity contribution in [2.75, 3.05) is 13.1 Å². The lowest BCUT2D eigenvalue weighted by atomic mass is 9.92. The Hall–Kier alpha value is -1.93. The summed E-state index contributed by atoms with van der Waals surface area (Å²) in [5, 5.41) is 9.54. The molecule has 32 heavy (non-hydrogen) atoms. The van der Waals surface area contributed by atoms with E-state index in [9.17, 15) is 13.2 Å². The smallest absolute Gasteiger partial charge is 0.241 e. The molecule has 0 radical (unpaired) electrons. The molecule has 0 saturated carbocycles. The van der Waals surface area contributed by atoms with Gasteiger partial charge in [0.15, 0.2) is 5.78 Å². The molecule has 1 aliphatic rings. The van der Waals surface area contributed by atoms with Crippen LogP contribution in [0.2, 0.25) is 5.02 Å². The number of hydrogen-bond acceptors (Lipinski definition) is 5. The number of primary sulfonamides is 1. The van der Waals surface area contributed by atoms with Crippen molar-refractivity contribution in [2.45, 2.75) is 62.9 Å². The molecule has 0 amide bonds. The summed E-state index contributed by atoms with van der Waals surface area (Å²) in [7, 11) is -4.01. The minimum Gasteiger partial charge on any atom is -0.486 e. The monoisotopic (exact) mass is 478 g/mol. The summed E-state index contributed by atoms with van der Waals surface area (Å²) in [5.74, 6) is 0.200. The number of Topliss-reactive ketones (excluding diaryl/α,β-unsaturated/α-hetero) is 1. The Balaban J connectivity index is 1.52. The second-order valence-electron chi connectivity index (χ2n) is 8.88. The number of sulfonamides is 1. The molecule has 1 heterocycles. The molecule has 6 nitrogen and oxygen atoms in total. The highest BCUT2D eigenvalue weighted by molar-refractivity contribution is 7.89. The van der Waals surface area contributed by atoms with Gasteiger partial charge in [0.1, 0.15) is 16.2 Å². The van der Waals surface area contributed by atoms with Gasteiger partial charge in [-0.1, -0.05) is 23.7 Å². The van der Waals surface area contributed by atoms with E-state index in [0.29, 0.717) is 24.8 Å². The van der Waals surface area contributed by atoms with E-state index in [2.05, 4.69) is 5.32 Å². The summed E-state index contributed by atoms with van der Waals surface area (Å²) < 4.78 is 30.2. The van der Waals surface area contributed by atoms with E-state index in [4.69, 9.17) is 21.5 Å². The Morgan fingerprint density at radius 2 is 1.97 bits per heavy atom. The van der Waals surface area contributed by atoms with Crippen molar-refractivity contribution in [1.29, 1.82) is 0 Å². The third-order valence-electron chi connectivity index (χ3n) is 5.62. The molecule has 0 unspecified atom stereocenters. The number of aryl methyl sites for hydroxylation is 1. The summed E-state index contributed by atoms with van der Waals surface area (Å²) in [6.45, 7) is 5.46. The number of nitrogens with one attached hydrogen (secondary N) is 1. The van der Waals surface area contributed by atoms with Gasteiger partial charge in [0, 0.05) is 17.0 Å². The summed E-state index contributed by atoms with van der Waals surface area (Å²) in [5.41, 5.74) is 1.81. The number of halogens is 1. The zero-order chi connectivity index (χ0) is 23.4. The zero-order valence-corrected chi connectivity index (χ0v) is 20.2. The first-order chi connectivity index (χ1) is 15.0. The van der Waals surface area contributed by atoms with Gasteiger partial charge >= 0.3 is 0 Å². The van der Waals surface area contributed by atoms with Crippen molar-refractivity contribution >= 4 is 27.4 Å². The lowest BCUT2D eigenvalue weighted by molar-refractivity contribution is 0.0805. The van der Waals surface area contributed by atoms with E-state index in [0.717, 1.165) is 42.9 Å². The maximum atomic E-state index is 12.7. The van der Waals surface area contributed by atoms with Crippen LogP contribution in [0.15, 0.2) is 41.3 Å². The van der Waals surface area contributed by atoms with Gasteiger partial charge in [-0.05, 0) is 94.4 Å². The molecular weight excluding hydrogens is 448 g/mol. The van der Waals surface area contributed by atoms with Crippen molar-refractivity contribution in [3.8, 4) is 5.75 Å². The van der Waals surface area contributed by atoms with E-state index < -0.39 is 15.6 Å². The van der Waals surface area contributed by atoms with Crippen LogP contribution in [0.3, 0.4) is 0 Å². The molecule has 0 fully saturated rings.